The Morgan fingerprint density at radius 3 is 2.48 bits per heavy atom. The Morgan fingerprint density at radius 1 is 1.00 bits per heavy atom. The lowest BCUT2D eigenvalue weighted by molar-refractivity contribution is -0.115. The summed E-state index contributed by atoms with van der Waals surface area (Å²) in [6.45, 7) is 0. The topological polar surface area (TPSA) is 68.9 Å². The number of carbonyl (C=O) groups excluding carboxylic acids is 1. The van der Waals surface area contributed by atoms with Gasteiger partial charge in [-0.15, -0.1) is 0 Å². The highest BCUT2D eigenvalue weighted by Crippen LogP contribution is 2.28. The van der Waals surface area contributed by atoms with Crippen molar-refractivity contribution in [2.24, 2.45) is 5.73 Å². The largest absolute Gasteiger partial charge is 0.369 e. The maximum Gasteiger partial charge on any atom is 0.227 e. The molecular formula is C16H13N3OS. The van der Waals surface area contributed by atoms with Gasteiger partial charge >= 0.3 is 0 Å². The van der Waals surface area contributed by atoms with Crippen LogP contribution in [0.3, 0.4) is 0 Å². The van der Waals surface area contributed by atoms with Crippen LogP contribution in [0.25, 0.3) is 22.2 Å². The summed E-state index contributed by atoms with van der Waals surface area (Å²) in [5.74, 6) is -0.204. The molecule has 1 heterocycles. The number of aromatic nitrogens is 2. The molecule has 3 rings (SSSR count). The first-order chi connectivity index (χ1) is 10.2. The molecule has 0 bridgehead atoms. The van der Waals surface area contributed by atoms with Gasteiger partial charge in [-0.1, -0.05) is 60.3 Å². The van der Waals surface area contributed by atoms with Gasteiger partial charge in [0.15, 0.2) is 5.16 Å². The number of para-hydroxylation sites is 1. The molecule has 21 heavy (non-hydrogen) atoms. The van der Waals surface area contributed by atoms with E-state index in [0.29, 0.717) is 5.16 Å². The van der Waals surface area contributed by atoms with Gasteiger partial charge in [-0.25, -0.2) is 9.97 Å². The third-order valence-electron chi connectivity index (χ3n) is 2.97. The zero-order valence-electron chi connectivity index (χ0n) is 11.2. The van der Waals surface area contributed by atoms with Crippen LogP contribution in [0.4, 0.5) is 0 Å². The first-order valence-electron chi connectivity index (χ1n) is 6.47. The van der Waals surface area contributed by atoms with Crippen molar-refractivity contribution in [3.05, 3.63) is 54.6 Å². The highest BCUT2D eigenvalue weighted by Gasteiger charge is 2.10. The van der Waals surface area contributed by atoms with Gasteiger partial charge in [-0.05, 0) is 6.07 Å². The van der Waals surface area contributed by atoms with Crippen LogP contribution in [-0.2, 0) is 4.79 Å². The molecule has 5 heteroatoms. The van der Waals surface area contributed by atoms with Gasteiger partial charge in [0, 0.05) is 10.9 Å². The zero-order valence-corrected chi connectivity index (χ0v) is 12.0. The van der Waals surface area contributed by atoms with Gasteiger partial charge < -0.3 is 5.73 Å². The molecule has 1 aromatic heterocycles. The van der Waals surface area contributed by atoms with E-state index in [1.54, 1.807) is 0 Å². The van der Waals surface area contributed by atoms with Crippen molar-refractivity contribution < 1.29 is 4.79 Å². The number of carbonyl (C=O) groups is 1. The van der Waals surface area contributed by atoms with Gasteiger partial charge in [0.1, 0.15) is 0 Å². The van der Waals surface area contributed by atoms with Gasteiger partial charge in [-0.3, -0.25) is 4.79 Å². The number of thioether (sulfide) groups is 1. The Balaban J connectivity index is 2.14. The number of amides is 1. The van der Waals surface area contributed by atoms with E-state index in [1.165, 1.54) is 11.8 Å². The third-order valence-corrected chi connectivity index (χ3v) is 3.84. The lowest BCUT2D eigenvalue weighted by Gasteiger charge is -2.08. The van der Waals surface area contributed by atoms with E-state index in [9.17, 15) is 4.79 Å². The minimum Gasteiger partial charge on any atom is -0.369 e. The average molecular weight is 295 g/mol. The van der Waals surface area contributed by atoms with Crippen LogP contribution in [0.15, 0.2) is 59.8 Å². The highest BCUT2D eigenvalue weighted by molar-refractivity contribution is 7.99. The van der Waals surface area contributed by atoms with Crippen LogP contribution < -0.4 is 5.73 Å². The fourth-order valence-electron chi connectivity index (χ4n) is 2.07. The first kappa shape index (κ1) is 13.6. The Bertz CT molecular complexity index is 790. The molecule has 0 unspecified atom stereocenters. The second kappa shape index (κ2) is 5.93. The molecule has 3 aromatic rings. The molecule has 0 saturated carbocycles. The van der Waals surface area contributed by atoms with Crippen LogP contribution in [-0.4, -0.2) is 21.6 Å². The second-order valence-corrected chi connectivity index (χ2v) is 5.44. The number of primary amides is 1. The average Bonchev–Trinajstić information content (AvgIpc) is 2.53. The molecule has 0 aliphatic rings. The summed E-state index contributed by atoms with van der Waals surface area (Å²) in [6.07, 6.45) is 0. The van der Waals surface area contributed by atoms with E-state index in [0.717, 1.165) is 22.2 Å². The third kappa shape index (κ3) is 3.03. The summed E-state index contributed by atoms with van der Waals surface area (Å²) in [4.78, 5) is 20.0. The molecule has 2 aromatic carbocycles. The molecule has 2 N–H and O–H groups in total. The number of fused-ring (bicyclic) bond motifs is 1. The number of nitrogens with zero attached hydrogens (tertiary/aromatic N) is 2. The second-order valence-electron chi connectivity index (χ2n) is 4.49. The molecule has 0 aliphatic carbocycles. The smallest absolute Gasteiger partial charge is 0.227 e. The molecular weight excluding hydrogens is 282 g/mol. The summed E-state index contributed by atoms with van der Waals surface area (Å²) >= 11 is 1.26. The Morgan fingerprint density at radius 2 is 1.71 bits per heavy atom. The van der Waals surface area contributed by atoms with Gasteiger partial charge in [0.2, 0.25) is 5.91 Å². The van der Waals surface area contributed by atoms with Crippen molar-refractivity contribution in [2.75, 3.05) is 5.75 Å². The van der Waals surface area contributed by atoms with Crippen LogP contribution in [0.2, 0.25) is 0 Å². The van der Waals surface area contributed by atoms with E-state index in [2.05, 4.69) is 9.97 Å². The SMILES string of the molecule is NC(=O)CSc1nc(-c2ccccc2)c2ccccc2n1. The van der Waals surface area contributed by atoms with E-state index in [-0.39, 0.29) is 11.7 Å². The quantitative estimate of drug-likeness (QED) is 0.593. The standard InChI is InChI=1S/C16H13N3OS/c17-14(20)10-21-16-18-13-9-5-4-8-12(13)15(19-16)11-6-2-1-3-7-11/h1-9H,10H2,(H2,17,20). The fourth-order valence-corrected chi connectivity index (χ4v) is 2.66. The normalized spacial score (nSPS) is 10.7. The molecule has 4 nitrogen and oxygen atoms in total. The maximum atomic E-state index is 10.9. The minimum atomic E-state index is -0.377. The molecule has 0 spiro atoms. The predicted octanol–water partition coefficient (Wildman–Crippen LogP) is 2.87. The number of nitrogens with two attached hydrogens (primary N) is 1. The lowest BCUT2D eigenvalue weighted by atomic mass is 10.1. The summed E-state index contributed by atoms with van der Waals surface area (Å²) in [7, 11) is 0. The van der Waals surface area contributed by atoms with Crippen LogP contribution in [0.1, 0.15) is 0 Å². The van der Waals surface area contributed by atoms with Gasteiger partial charge in [0.05, 0.1) is 17.0 Å². The predicted molar refractivity (Wildman–Crippen MR) is 84.9 cm³/mol. The molecule has 0 aliphatic heterocycles. The van der Waals surface area contributed by atoms with Gasteiger partial charge in [0.25, 0.3) is 0 Å². The van der Waals surface area contributed by atoms with Gasteiger partial charge in [-0.2, -0.15) is 0 Å². The highest BCUT2D eigenvalue weighted by atomic mass is 32.2. The molecule has 1 amide bonds. The molecule has 0 fully saturated rings. The van der Waals surface area contributed by atoms with Crippen molar-refractivity contribution in [1.82, 2.24) is 9.97 Å². The first-order valence-corrected chi connectivity index (χ1v) is 7.46. The fraction of sp³-hybridized carbons (Fsp3) is 0.0625. The minimum absolute atomic E-state index is 0.173. The van der Waals surface area contributed by atoms with Crippen molar-refractivity contribution in [3.8, 4) is 11.3 Å². The van der Waals surface area contributed by atoms with E-state index in [1.807, 2.05) is 54.6 Å². The van der Waals surface area contributed by atoms with Crippen molar-refractivity contribution in [2.45, 2.75) is 5.16 Å². The number of benzene rings is 2. The summed E-state index contributed by atoms with van der Waals surface area (Å²) in [5.41, 5.74) is 7.94. The Hall–Kier alpha value is -2.40. The summed E-state index contributed by atoms with van der Waals surface area (Å²) in [5, 5.41) is 1.55. The van der Waals surface area contributed by atoms with E-state index in [4.69, 9.17) is 5.73 Å². The Kier molecular flexibility index (Phi) is 3.83. The summed E-state index contributed by atoms with van der Waals surface area (Å²) < 4.78 is 0. The van der Waals surface area contributed by atoms with Crippen molar-refractivity contribution in [1.29, 1.82) is 0 Å². The lowest BCUT2D eigenvalue weighted by Crippen LogP contribution is -2.13. The molecule has 0 radical (unpaired) electrons. The van der Waals surface area contributed by atoms with Crippen molar-refractivity contribution in [3.63, 3.8) is 0 Å². The molecule has 104 valence electrons. The molecule has 0 saturated heterocycles. The van der Waals surface area contributed by atoms with E-state index >= 15 is 0 Å². The Labute approximate surface area is 126 Å². The van der Waals surface area contributed by atoms with Crippen LogP contribution in [0, 0.1) is 0 Å². The number of hydrogen-bond donors (Lipinski definition) is 1. The number of rotatable bonds is 4. The zero-order chi connectivity index (χ0) is 14.7. The molecule has 0 atom stereocenters. The number of hydrogen-bond acceptors (Lipinski definition) is 4. The summed E-state index contributed by atoms with van der Waals surface area (Å²) in [6, 6.07) is 17.8. The maximum absolute atomic E-state index is 10.9. The monoisotopic (exact) mass is 295 g/mol. The van der Waals surface area contributed by atoms with Crippen LogP contribution >= 0.6 is 11.8 Å². The van der Waals surface area contributed by atoms with Crippen LogP contribution in [0.5, 0.6) is 0 Å². The van der Waals surface area contributed by atoms with E-state index < -0.39 is 0 Å². The van der Waals surface area contributed by atoms with Crippen molar-refractivity contribution >= 4 is 28.6 Å².